The van der Waals surface area contributed by atoms with Crippen molar-refractivity contribution in [2.75, 3.05) is 18.8 Å². The molecule has 1 aliphatic rings. The molecule has 1 aromatic carbocycles. The predicted molar refractivity (Wildman–Crippen MR) is 115 cm³/mol. The van der Waals surface area contributed by atoms with Crippen LogP contribution in [0.25, 0.3) is 17.1 Å². The lowest BCUT2D eigenvalue weighted by Gasteiger charge is -2.26. The zero-order chi connectivity index (χ0) is 20.2. The van der Waals surface area contributed by atoms with Crippen LogP contribution in [0.15, 0.2) is 47.9 Å². The maximum absolute atomic E-state index is 12.7. The molecule has 0 unspecified atom stereocenters. The van der Waals surface area contributed by atoms with Gasteiger partial charge in [-0.1, -0.05) is 23.9 Å². The first kappa shape index (κ1) is 19.6. The molecule has 1 aliphatic heterocycles. The lowest BCUT2D eigenvalue weighted by atomic mass is 10.1. The summed E-state index contributed by atoms with van der Waals surface area (Å²) in [5, 5.41) is 9.61. The highest BCUT2D eigenvalue weighted by atomic mass is 32.2. The monoisotopic (exact) mass is 407 g/mol. The van der Waals surface area contributed by atoms with Crippen LogP contribution in [0.4, 0.5) is 0 Å². The molecule has 0 saturated carbocycles. The van der Waals surface area contributed by atoms with Gasteiger partial charge in [-0.2, -0.15) is 0 Å². The summed E-state index contributed by atoms with van der Waals surface area (Å²) >= 11 is 1.45. The van der Waals surface area contributed by atoms with E-state index in [0.717, 1.165) is 48.2 Å². The topological polar surface area (TPSA) is 63.9 Å². The first-order valence-corrected chi connectivity index (χ1v) is 11.0. The average molecular weight is 408 g/mol. The fourth-order valence-corrected chi connectivity index (χ4v) is 4.45. The zero-order valence-electron chi connectivity index (χ0n) is 16.8. The number of thioether (sulfide) groups is 1. The molecule has 0 atom stereocenters. The van der Waals surface area contributed by atoms with Gasteiger partial charge in [0.1, 0.15) is 0 Å². The van der Waals surface area contributed by atoms with Crippen molar-refractivity contribution < 1.29 is 4.79 Å². The molecule has 1 saturated heterocycles. The van der Waals surface area contributed by atoms with E-state index in [0.29, 0.717) is 5.75 Å². The molecule has 29 heavy (non-hydrogen) atoms. The third kappa shape index (κ3) is 4.19. The Labute approximate surface area is 175 Å². The van der Waals surface area contributed by atoms with E-state index < -0.39 is 0 Å². The van der Waals surface area contributed by atoms with Crippen molar-refractivity contribution in [3.63, 3.8) is 0 Å². The van der Waals surface area contributed by atoms with Gasteiger partial charge in [0.2, 0.25) is 5.91 Å². The minimum atomic E-state index is 0.174. The number of likely N-dealkylation sites (tertiary alicyclic amines) is 1. The number of aromatic nitrogens is 4. The predicted octanol–water partition coefficient (Wildman–Crippen LogP) is 4.05. The van der Waals surface area contributed by atoms with Gasteiger partial charge in [0.05, 0.1) is 11.4 Å². The van der Waals surface area contributed by atoms with Gasteiger partial charge in [-0.15, -0.1) is 10.2 Å². The Hall–Kier alpha value is -2.67. The van der Waals surface area contributed by atoms with E-state index in [1.54, 1.807) is 12.4 Å². The molecule has 1 fully saturated rings. The second kappa shape index (κ2) is 8.78. The number of nitrogens with zero attached hydrogens (tertiary/aromatic N) is 5. The summed E-state index contributed by atoms with van der Waals surface area (Å²) < 4.78 is 2.05. The second-order valence-electron chi connectivity index (χ2n) is 7.33. The van der Waals surface area contributed by atoms with Crippen LogP contribution in [0.3, 0.4) is 0 Å². The van der Waals surface area contributed by atoms with E-state index in [4.69, 9.17) is 0 Å². The highest BCUT2D eigenvalue weighted by molar-refractivity contribution is 7.99. The van der Waals surface area contributed by atoms with E-state index in [2.05, 4.69) is 41.2 Å². The molecule has 150 valence electrons. The third-order valence-electron chi connectivity index (χ3n) is 5.40. The Kier molecular flexibility index (Phi) is 5.94. The van der Waals surface area contributed by atoms with Crippen molar-refractivity contribution in [1.82, 2.24) is 24.6 Å². The number of hydrogen-bond donors (Lipinski definition) is 0. The normalized spacial score (nSPS) is 14.2. The fourth-order valence-electron chi connectivity index (χ4n) is 3.60. The highest BCUT2D eigenvalue weighted by Crippen LogP contribution is 2.30. The van der Waals surface area contributed by atoms with Gasteiger partial charge in [0, 0.05) is 31.0 Å². The first-order valence-electron chi connectivity index (χ1n) is 9.98. The molecule has 3 heterocycles. The SMILES string of the molecule is Cc1cccc(-n2c(SCC(=O)N3CCCCC3)nnc2-c2cccnc2)c1C. The number of amides is 1. The molecule has 1 amide bonds. The molecule has 3 aromatic rings. The Morgan fingerprint density at radius 2 is 1.90 bits per heavy atom. The fraction of sp³-hybridized carbons (Fsp3) is 0.364. The molecular weight excluding hydrogens is 382 g/mol. The molecule has 0 N–H and O–H groups in total. The van der Waals surface area contributed by atoms with Crippen LogP contribution in [0.5, 0.6) is 0 Å². The summed E-state index contributed by atoms with van der Waals surface area (Å²) in [6, 6.07) is 10.1. The van der Waals surface area contributed by atoms with E-state index in [9.17, 15) is 4.79 Å². The van der Waals surface area contributed by atoms with Crippen molar-refractivity contribution in [3.8, 4) is 17.1 Å². The summed E-state index contributed by atoms with van der Waals surface area (Å²) in [4.78, 5) is 18.9. The van der Waals surface area contributed by atoms with E-state index in [-0.39, 0.29) is 5.91 Å². The number of pyridine rings is 1. The molecule has 2 aromatic heterocycles. The van der Waals surface area contributed by atoms with Crippen LogP contribution < -0.4 is 0 Å². The summed E-state index contributed by atoms with van der Waals surface area (Å²) in [5.74, 6) is 1.28. The van der Waals surface area contributed by atoms with Crippen LogP contribution in [-0.4, -0.2) is 49.4 Å². The quantitative estimate of drug-likeness (QED) is 0.597. The molecule has 0 spiro atoms. The number of aryl methyl sites for hydroxylation is 1. The van der Waals surface area contributed by atoms with Crippen molar-refractivity contribution in [1.29, 1.82) is 0 Å². The number of rotatable bonds is 5. The maximum atomic E-state index is 12.7. The van der Waals surface area contributed by atoms with Gasteiger partial charge < -0.3 is 4.90 Å². The van der Waals surface area contributed by atoms with Gasteiger partial charge in [-0.3, -0.25) is 14.3 Å². The Morgan fingerprint density at radius 3 is 2.66 bits per heavy atom. The van der Waals surface area contributed by atoms with E-state index >= 15 is 0 Å². The van der Waals surface area contributed by atoms with Crippen molar-refractivity contribution in [2.45, 2.75) is 38.3 Å². The van der Waals surface area contributed by atoms with Gasteiger partial charge in [-0.05, 0) is 62.4 Å². The number of benzene rings is 1. The second-order valence-corrected chi connectivity index (χ2v) is 8.27. The standard InChI is InChI=1S/C22H25N5OS/c1-16-8-6-10-19(17(16)2)27-21(18-9-7-11-23-14-18)24-25-22(27)29-15-20(28)26-12-4-3-5-13-26/h6-11,14H,3-5,12-13,15H2,1-2H3. The highest BCUT2D eigenvalue weighted by Gasteiger charge is 2.21. The van der Waals surface area contributed by atoms with Crippen molar-refractivity contribution >= 4 is 17.7 Å². The minimum absolute atomic E-state index is 0.174. The summed E-state index contributed by atoms with van der Waals surface area (Å²) in [7, 11) is 0. The molecule has 4 rings (SSSR count). The smallest absolute Gasteiger partial charge is 0.233 e. The summed E-state index contributed by atoms with van der Waals surface area (Å²) in [6.45, 7) is 5.93. The van der Waals surface area contributed by atoms with E-state index in [1.807, 2.05) is 27.7 Å². The number of hydrogen-bond acceptors (Lipinski definition) is 5. The van der Waals surface area contributed by atoms with Crippen LogP contribution in [-0.2, 0) is 4.79 Å². The van der Waals surface area contributed by atoms with E-state index in [1.165, 1.54) is 29.3 Å². The molecule has 6 nitrogen and oxygen atoms in total. The summed E-state index contributed by atoms with van der Waals surface area (Å²) in [5.41, 5.74) is 4.30. The van der Waals surface area contributed by atoms with Gasteiger partial charge in [0.25, 0.3) is 0 Å². The van der Waals surface area contributed by atoms with Gasteiger partial charge in [-0.25, -0.2) is 0 Å². The lowest BCUT2D eigenvalue weighted by molar-refractivity contribution is -0.129. The molecule has 7 heteroatoms. The van der Waals surface area contributed by atoms with Crippen LogP contribution in [0.1, 0.15) is 30.4 Å². The molecular formula is C22H25N5OS. The third-order valence-corrected chi connectivity index (χ3v) is 6.32. The van der Waals surface area contributed by atoms with Gasteiger partial charge in [0.15, 0.2) is 11.0 Å². The van der Waals surface area contributed by atoms with Crippen molar-refractivity contribution in [2.24, 2.45) is 0 Å². The molecule has 0 radical (unpaired) electrons. The Bertz CT molecular complexity index is 996. The largest absolute Gasteiger partial charge is 0.342 e. The molecule has 0 aliphatic carbocycles. The van der Waals surface area contributed by atoms with Crippen molar-refractivity contribution in [3.05, 3.63) is 53.9 Å². The first-order chi connectivity index (χ1) is 14.1. The Balaban J connectivity index is 1.68. The average Bonchev–Trinajstić information content (AvgIpc) is 3.19. The van der Waals surface area contributed by atoms with Crippen LogP contribution in [0, 0.1) is 13.8 Å². The number of carbonyl (C=O) groups is 1. The van der Waals surface area contributed by atoms with Gasteiger partial charge >= 0.3 is 0 Å². The van der Waals surface area contributed by atoms with Crippen LogP contribution in [0.2, 0.25) is 0 Å². The molecule has 0 bridgehead atoms. The van der Waals surface area contributed by atoms with Crippen LogP contribution >= 0.6 is 11.8 Å². The number of carbonyl (C=O) groups excluding carboxylic acids is 1. The number of piperidine rings is 1. The zero-order valence-corrected chi connectivity index (χ0v) is 17.7. The Morgan fingerprint density at radius 1 is 1.07 bits per heavy atom. The minimum Gasteiger partial charge on any atom is -0.342 e. The summed E-state index contributed by atoms with van der Waals surface area (Å²) in [6.07, 6.45) is 6.95. The maximum Gasteiger partial charge on any atom is 0.233 e. The lowest BCUT2D eigenvalue weighted by Crippen LogP contribution is -2.36.